The average molecular weight is 350 g/mol. The minimum atomic E-state index is -0.442. The number of hydrogen-bond acceptors (Lipinski definition) is 6. The van der Waals surface area contributed by atoms with Crippen LogP contribution in [0.25, 0.3) is 10.4 Å². The third-order valence-corrected chi connectivity index (χ3v) is 5.01. The van der Waals surface area contributed by atoms with E-state index >= 15 is 0 Å². The molecule has 0 spiro atoms. The van der Waals surface area contributed by atoms with Crippen LogP contribution in [-0.4, -0.2) is 55.8 Å². The van der Waals surface area contributed by atoms with E-state index in [0.29, 0.717) is 34.4 Å². The standard InChI is InChI=1S/C16H19FN4O2S/c1-20(2)16-19-13(15(22)21-6-7-23-12(21)9-18)14(24-16)10-4-3-5-11(17)8-10/h3-5,8,12H,6-7,9,18H2,1-2H3. The average Bonchev–Trinajstić information content (AvgIpc) is 3.21. The Labute approximate surface area is 143 Å². The van der Waals surface area contributed by atoms with Gasteiger partial charge in [-0.3, -0.25) is 4.79 Å². The normalized spacial score (nSPS) is 17.3. The third-order valence-electron chi connectivity index (χ3n) is 3.74. The Hall–Kier alpha value is -2.03. The number of ether oxygens (including phenoxy) is 1. The minimum Gasteiger partial charge on any atom is -0.355 e. The van der Waals surface area contributed by atoms with Gasteiger partial charge in [0.15, 0.2) is 5.13 Å². The highest BCUT2D eigenvalue weighted by Crippen LogP contribution is 2.35. The first kappa shape index (κ1) is 16.8. The predicted octanol–water partition coefficient (Wildman–Crippen LogP) is 1.77. The van der Waals surface area contributed by atoms with Crippen molar-refractivity contribution in [2.24, 2.45) is 5.73 Å². The van der Waals surface area contributed by atoms with Crippen molar-refractivity contribution in [3.63, 3.8) is 0 Å². The SMILES string of the molecule is CN(C)c1nc(C(=O)N2CCOC2CN)c(-c2cccc(F)c2)s1. The number of thiazole rings is 1. The van der Waals surface area contributed by atoms with Crippen molar-refractivity contribution in [2.75, 3.05) is 38.7 Å². The molecule has 128 valence electrons. The number of carbonyl (C=O) groups excluding carboxylic acids is 1. The Morgan fingerprint density at radius 2 is 2.33 bits per heavy atom. The molecule has 24 heavy (non-hydrogen) atoms. The Morgan fingerprint density at radius 3 is 3.00 bits per heavy atom. The number of benzene rings is 1. The first-order valence-corrected chi connectivity index (χ1v) is 8.39. The second-order valence-electron chi connectivity index (χ2n) is 5.64. The lowest BCUT2D eigenvalue weighted by molar-refractivity contribution is 0.0326. The second-order valence-corrected chi connectivity index (χ2v) is 6.62. The van der Waals surface area contributed by atoms with Crippen molar-refractivity contribution in [1.82, 2.24) is 9.88 Å². The van der Waals surface area contributed by atoms with E-state index in [9.17, 15) is 9.18 Å². The van der Waals surface area contributed by atoms with Gasteiger partial charge in [0.25, 0.3) is 5.91 Å². The molecular weight excluding hydrogens is 331 g/mol. The van der Waals surface area contributed by atoms with Gasteiger partial charge in [0, 0.05) is 27.2 Å². The summed E-state index contributed by atoms with van der Waals surface area (Å²) in [4.78, 5) is 21.5. The van der Waals surface area contributed by atoms with E-state index < -0.39 is 6.23 Å². The number of nitrogens with zero attached hydrogens (tertiary/aromatic N) is 3. The van der Waals surface area contributed by atoms with Crippen LogP contribution in [0.5, 0.6) is 0 Å². The van der Waals surface area contributed by atoms with Gasteiger partial charge < -0.3 is 20.3 Å². The van der Waals surface area contributed by atoms with Gasteiger partial charge in [-0.05, 0) is 17.7 Å². The van der Waals surface area contributed by atoms with Gasteiger partial charge in [-0.25, -0.2) is 9.37 Å². The van der Waals surface area contributed by atoms with Crippen LogP contribution < -0.4 is 10.6 Å². The van der Waals surface area contributed by atoms with Crippen molar-refractivity contribution < 1.29 is 13.9 Å². The van der Waals surface area contributed by atoms with Crippen LogP contribution in [0.3, 0.4) is 0 Å². The summed E-state index contributed by atoms with van der Waals surface area (Å²) in [6.07, 6.45) is -0.442. The van der Waals surface area contributed by atoms with Gasteiger partial charge in [-0.1, -0.05) is 23.5 Å². The maximum absolute atomic E-state index is 13.6. The summed E-state index contributed by atoms with van der Waals surface area (Å²) in [6.45, 7) is 1.15. The molecule has 1 fully saturated rings. The zero-order chi connectivity index (χ0) is 17.3. The fourth-order valence-corrected chi connectivity index (χ4v) is 3.53. The highest BCUT2D eigenvalue weighted by molar-refractivity contribution is 7.19. The van der Waals surface area contributed by atoms with Crippen LogP contribution in [0, 0.1) is 5.82 Å². The molecular formula is C16H19FN4O2S. The summed E-state index contributed by atoms with van der Waals surface area (Å²) < 4.78 is 19.1. The van der Waals surface area contributed by atoms with Gasteiger partial charge in [0.2, 0.25) is 0 Å². The molecule has 2 aromatic rings. The molecule has 1 saturated heterocycles. The summed E-state index contributed by atoms with van der Waals surface area (Å²) in [7, 11) is 3.70. The highest BCUT2D eigenvalue weighted by Gasteiger charge is 2.33. The Morgan fingerprint density at radius 1 is 1.54 bits per heavy atom. The number of rotatable bonds is 4. The van der Waals surface area contributed by atoms with E-state index in [1.807, 2.05) is 19.0 Å². The molecule has 3 rings (SSSR count). The number of carbonyl (C=O) groups is 1. The van der Waals surface area contributed by atoms with Gasteiger partial charge in [0.05, 0.1) is 11.5 Å². The molecule has 1 aliphatic rings. The van der Waals surface area contributed by atoms with E-state index in [2.05, 4.69) is 4.98 Å². The predicted molar refractivity (Wildman–Crippen MR) is 91.7 cm³/mol. The van der Waals surface area contributed by atoms with Crippen molar-refractivity contribution in [3.8, 4) is 10.4 Å². The van der Waals surface area contributed by atoms with E-state index in [4.69, 9.17) is 10.5 Å². The maximum atomic E-state index is 13.6. The lowest BCUT2D eigenvalue weighted by atomic mass is 10.1. The van der Waals surface area contributed by atoms with E-state index in [-0.39, 0.29) is 18.3 Å². The summed E-state index contributed by atoms with van der Waals surface area (Å²) in [5.74, 6) is -0.596. The molecule has 0 aliphatic carbocycles. The Kier molecular flexibility index (Phi) is 4.79. The molecule has 6 nitrogen and oxygen atoms in total. The zero-order valence-corrected chi connectivity index (χ0v) is 14.3. The van der Waals surface area contributed by atoms with Crippen molar-refractivity contribution >= 4 is 22.4 Å². The summed E-state index contributed by atoms with van der Waals surface area (Å²) >= 11 is 1.35. The lowest BCUT2D eigenvalue weighted by Crippen LogP contribution is -2.41. The first-order chi connectivity index (χ1) is 11.5. The number of aromatic nitrogens is 1. The maximum Gasteiger partial charge on any atom is 0.276 e. The van der Waals surface area contributed by atoms with Crippen LogP contribution in [0.1, 0.15) is 10.5 Å². The van der Waals surface area contributed by atoms with Crippen molar-refractivity contribution in [2.45, 2.75) is 6.23 Å². The van der Waals surface area contributed by atoms with Gasteiger partial charge in [-0.15, -0.1) is 0 Å². The summed E-state index contributed by atoms with van der Waals surface area (Å²) in [6, 6.07) is 6.17. The van der Waals surface area contributed by atoms with Crippen molar-refractivity contribution in [1.29, 1.82) is 0 Å². The van der Waals surface area contributed by atoms with Crippen LogP contribution in [-0.2, 0) is 4.74 Å². The fraction of sp³-hybridized carbons (Fsp3) is 0.375. The molecule has 1 aromatic carbocycles. The van der Waals surface area contributed by atoms with Gasteiger partial charge in [0.1, 0.15) is 17.7 Å². The molecule has 1 atom stereocenters. The van der Waals surface area contributed by atoms with Crippen LogP contribution in [0.15, 0.2) is 24.3 Å². The Bertz CT molecular complexity index is 749. The molecule has 0 radical (unpaired) electrons. The topological polar surface area (TPSA) is 71.7 Å². The second kappa shape index (κ2) is 6.84. The quantitative estimate of drug-likeness (QED) is 0.910. The Balaban J connectivity index is 2.04. The summed E-state index contributed by atoms with van der Waals surface area (Å²) in [5.41, 5.74) is 6.60. The van der Waals surface area contributed by atoms with Gasteiger partial charge >= 0.3 is 0 Å². The van der Waals surface area contributed by atoms with Gasteiger partial charge in [-0.2, -0.15) is 0 Å². The number of anilines is 1. The van der Waals surface area contributed by atoms with E-state index in [0.717, 1.165) is 0 Å². The molecule has 0 bridgehead atoms. The molecule has 0 saturated carbocycles. The third kappa shape index (κ3) is 3.12. The fourth-order valence-electron chi connectivity index (χ4n) is 2.56. The number of amides is 1. The molecule has 8 heteroatoms. The molecule has 2 N–H and O–H groups in total. The van der Waals surface area contributed by atoms with Crippen LogP contribution >= 0.6 is 11.3 Å². The first-order valence-electron chi connectivity index (χ1n) is 7.58. The lowest BCUT2D eigenvalue weighted by Gasteiger charge is -2.21. The monoisotopic (exact) mass is 350 g/mol. The molecule has 2 heterocycles. The van der Waals surface area contributed by atoms with E-state index in [1.54, 1.807) is 17.0 Å². The minimum absolute atomic E-state index is 0.228. The number of halogens is 1. The molecule has 1 unspecified atom stereocenters. The zero-order valence-electron chi connectivity index (χ0n) is 13.5. The molecule has 1 amide bonds. The van der Waals surface area contributed by atoms with E-state index in [1.165, 1.54) is 23.5 Å². The smallest absolute Gasteiger partial charge is 0.276 e. The van der Waals surface area contributed by atoms with Crippen LogP contribution in [0.2, 0.25) is 0 Å². The number of hydrogen-bond donors (Lipinski definition) is 1. The largest absolute Gasteiger partial charge is 0.355 e. The highest BCUT2D eigenvalue weighted by atomic mass is 32.1. The number of nitrogens with two attached hydrogens (primary N) is 1. The van der Waals surface area contributed by atoms with Crippen LogP contribution in [0.4, 0.5) is 9.52 Å². The molecule has 1 aromatic heterocycles. The van der Waals surface area contributed by atoms with Crippen molar-refractivity contribution in [3.05, 3.63) is 35.8 Å². The summed E-state index contributed by atoms with van der Waals surface area (Å²) in [5, 5.41) is 0.682. The molecule has 1 aliphatic heterocycles.